The minimum atomic E-state index is -0.441. The van der Waals surface area contributed by atoms with Crippen LogP contribution in [0.3, 0.4) is 0 Å². The van der Waals surface area contributed by atoms with Crippen LogP contribution >= 0.6 is 0 Å². The van der Waals surface area contributed by atoms with Crippen molar-refractivity contribution in [3.8, 4) is 0 Å². The number of rotatable bonds is 2. The van der Waals surface area contributed by atoms with Gasteiger partial charge in [-0.2, -0.15) is 0 Å². The molecule has 0 amide bonds. The Labute approximate surface area is 107 Å². The SMILES string of the molecule is CC1CCCN(c2ccc([N+](=O)[O-])c(N)c2)CC1. The number of hydrogen-bond donors (Lipinski definition) is 1. The van der Waals surface area contributed by atoms with E-state index < -0.39 is 4.92 Å². The van der Waals surface area contributed by atoms with E-state index in [4.69, 9.17) is 5.73 Å². The van der Waals surface area contributed by atoms with Crippen LogP contribution in [0.25, 0.3) is 0 Å². The van der Waals surface area contributed by atoms with Gasteiger partial charge in [-0.15, -0.1) is 0 Å². The predicted octanol–water partition coefficient (Wildman–Crippen LogP) is 2.80. The van der Waals surface area contributed by atoms with Gasteiger partial charge in [0, 0.05) is 24.8 Å². The van der Waals surface area contributed by atoms with Gasteiger partial charge < -0.3 is 10.6 Å². The summed E-state index contributed by atoms with van der Waals surface area (Å²) in [5.74, 6) is 0.755. The highest BCUT2D eigenvalue weighted by Crippen LogP contribution is 2.29. The number of nitrogens with two attached hydrogens (primary N) is 1. The standard InChI is InChI=1S/C13H19N3O2/c1-10-3-2-7-15(8-6-10)11-4-5-13(16(17)18)12(14)9-11/h4-5,9-10H,2-3,6-8,14H2,1H3. The first-order valence-corrected chi connectivity index (χ1v) is 6.37. The average Bonchev–Trinajstić information content (AvgIpc) is 2.53. The molecule has 1 saturated heterocycles. The normalized spacial score (nSPS) is 20.5. The van der Waals surface area contributed by atoms with Gasteiger partial charge in [-0.25, -0.2) is 0 Å². The van der Waals surface area contributed by atoms with Gasteiger partial charge >= 0.3 is 0 Å². The van der Waals surface area contributed by atoms with Crippen molar-refractivity contribution in [1.82, 2.24) is 0 Å². The molecule has 98 valence electrons. The van der Waals surface area contributed by atoms with Crippen LogP contribution in [0.2, 0.25) is 0 Å². The van der Waals surface area contributed by atoms with Gasteiger partial charge in [0.15, 0.2) is 0 Å². The van der Waals surface area contributed by atoms with E-state index in [0.29, 0.717) is 0 Å². The second kappa shape index (κ2) is 5.25. The first-order chi connectivity index (χ1) is 8.58. The zero-order chi connectivity index (χ0) is 13.1. The molecule has 5 nitrogen and oxygen atoms in total. The van der Waals surface area contributed by atoms with Gasteiger partial charge in [-0.1, -0.05) is 6.92 Å². The molecule has 0 radical (unpaired) electrons. The summed E-state index contributed by atoms with van der Waals surface area (Å²) >= 11 is 0. The van der Waals surface area contributed by atoms with E-state index in [2.05, 4.69) is 11.8 Å². The zero-order valence-electron chi connectivity index (χ0n) is 10.6. The molecule has 1 aromatic rings. The Morgan fingerprint density at radius 3 is 2.83 bits per heavy atom. The fourth-order valence-corrected chi connectivity index (χ4v) is 2.43. The van der Waals surface area contributed by atoms with Crippen LogP contribution in [-0.4, -0.2) is 18.0 Å². The summed E-state index contributed by atoms with van der Waals surface area (Å²) in [5.41, 5.74) is 6.95. The lowest BCUT2D eigenvalue weighted by atomic mass is 10.0. The maximum atomic E-state index is 10.7. The van der Waals surface area contributed by atoms with Gasteiger partial charge in [0.2, 0.25) is 0 Å². The van der Waals surface area contributed by atoms with Crippen molar-refractivity contribution in [3.63, 3.8) is 0 Å². The Kier molecular flexibility index (Phi) is 3.69. The molecule has 1 aliphatic rings. The molecule has 0 spiro atoms. The van der Waals surface area contributed by atoms with Crippen LogP contribution in [0.4, 0.5) is 17.1 Å². The van der Waals surface area contributed by atoms with Gasteiger partial charge in [0.1, 0.15) is 5.69 Å². The number of anilines is 2. The first-order valence-electron chi connectivity index (χ1n) is 6.37. The minimum absolute atomic E-state index is 0.0121. The van der Waals surface area contributed by atoms with Crippen LogP contribution in [0, 0.1) is 16.0 Å². The molecule has 1 fully saturated rings. The Hall–Kier alpha value is -1.78. The van der Waals surface area contributed by atoms with E-state index in [-0.39, 0.29) is 11.4 Å². The molecule has 1 unspecified atom stereocenters. The second-order valence-corrected chi connectivity index (χ2v) is 5.02. The molecular weight excluding hydrogens is 230 g/mol. The number of nitro benzene ring substituents is 1. The first kappa shape index (κ1) is 12.7. The highest BCUT2D eigenvalue weighted by molar-refractivity contribution is 5.66. The van der Waals surface area contributed by atoms with E-state index in [9.17, 15) is 10.1 Å². The molecule has 0 bridgehead atoms. The van der Waals surface area contributed by atoms with Crippen molar-refractivity contribution >= 4 is 17.1 Å². The molecule has 18 heavy (non-hydrogen) atoms. The van der Waals surface area contributed by atoms with Gasteiger partial charge in [-0.3, -0.25) is 10.1 Å². The van der Waals surface area contributed by atoms with Crippen molar-refractivity contribution in [2.24, 2.45) is 5.92 Å². The third kappa shape index (κ3) is 2.72. The molecule has 1 atom stereocenters. The maximum Gasteiger partial charge on any atom is 0.292 e. The summed E-state index contributed by atoms with van der Waals surface area (Å²) in [6, 6.07) is 5.01. The fourth-order valence-electron chi connectivity index (χ4n) is 2.43. The molecule has 2 rings (SSSR count). The Bertz CT molecular complexity index is 448. The monoisotopic (exact) mass is 249 g/mol. The lowest BCUT2D eigenvalue weighted by Gasteiger charge is -2.23. The number of nitrogen functional groups attached to an aromatic ring is 1. The third-order valence-corrected chi connectivity index (χ3v) is 3.59. The second-order valence-electron chi connectivity index (χ2n) is 5.02. The topological polar surface area (TPSA) is 72.4 Å². The van der Waals surface area contributed by atoms with Crippen molar-refractivity contribution < 1.29 is 4.92 Å². The number of nitro groups is 1. The van der Waals surface area contributed by atoms with Crippen molar-refractivity contribution in [2.75, 3.05) is 23.7 Å². The minimum Gasteiger partial charge on any atom is -0.393 e. The smallest absolute Gasteiger partial charge is 0.292 e. The van der Waals surface area contributed by atoms with Gasteiger partial charge in [-0.05, 0) is 37.3 Å². The van der Waals surface area contributed by atoms with E-state index in [1.54, 1.807) is 12.1 Å². The molecule has 2 N–H and O–H groups in total. The molecule has 0 aliphatic carbocycles. The summed E-state index contributed by atoms with van der Waals surface area (Å²) in [4.78, 5) is 12.5. The fraction of sp³-hybridized carbons (Fsp3) is 0.538. The van der Waals surface area contributed by atoms with Crippen LogP contribution in [-0.2, 0) is 0 Å². The molecule has 0 saturated carbocycles. The predicted molar refractivity (Wildman–Crippen MR) is 72.7 cm³/mol. The quantitative estimate of drug-likeness (QED) is 0.497. The average molecular weight is 249 g/mol. The van der Waals surface area contributed by atoms with E-state index >= 15 is 0 Å². The molecule has 0 aromatic heterocycles. The van der Waals surface area contributed by atoms with Crippen LogP contribution in [0.15, 0.2) is 18.2 Å². The zero-order valence-corrected chi connectivity index (χ0v) is 10.6. The summed E-state index contributed by atoms with van der Waals surface area (Å²) < 4.78 is 0. The van der Waals surface area contributed by atoms with Crippen molar-refractivity contribution in [1.29, 1.82) is 0 Å². The van der Waals surface area contributed by atoms with E-state index in [1.807, 2.05) is 0 Å². The van der Waals surface area contributed by atoms with Crippen molar-refractivity contribution in [2.45, 2.75) is 26.2 Å². The molecule has 1 heterocycles. The molecular formula is C13H19N3O2. The van der Waals surface area contributed by atoms with E-state index in [1.165, 1.54) is 12.5 Å². The summed E-state index contributed by atoms with van der Waals surface area (Å²) in [6.07, 6.45) is 3.58. The number of nitrogens with zero attached hydrogens (tertiary/aromatic N) is 2. The maximum absolute atomic E-state index is 10.7. The Morgan fingerprint density at radius 2 is 2.17 bits per heavy atom. The number of hydrogen-bond acceptors (Lipinski definition) is 4. The summed E-state index contributed by atoms with van der Waals surface area (Å²) in [5, 5.41) is 10.7. The van der Waals surface area contributed by atoms with Gasteiger partial charge in [0.05, 0.1) is 4.92 Å². The lowest BCUT2D eigenvalue weighted by Crippen LogP contribution is -2.24. The number of benzene rings is 1. The third-order valence-electron chi connectivity index (χ3n) is 3.59. The van der Waals surface area contributed by atoms with Crippen LogP contribution in [0.1, 0.15) is 26.2 Å². The highest BCUT2D eigenvalue weighted by atomic mass is 16.6. The Balaban J connectivity index is 2.18. The van der Waals surface area contributed by atoms with Crippen LogP contribution in [0.5, 0.6) is 0 Å². The molecule has 5 heteroatoms. The lowest BCUT2D eigenvalue weighted by molar-refractivity contribution is -0.383. The van der Waals surface area contributed by atoms with E-state index in [0.717, 1.165) is 37.5 Å². The van der Waals surface area contributed by atoms with Crippen LogP contribution < -0.4 is 10.6 Å². The largest absolute Gasteiger partial charge is 0.393 e. The highest BCUT2D eigenvalue weighted by Gasteiger charge is 2.17. The summed E-state index contributed by atoms with van der Waals surface area (Å²) in [6.45, 7) is 4.27. The molecule has 1 aromatic carbocycles. The van der Waals surface area contributed by atoms with Crippen molar-refractivity contribution in [3.05, 3.63) is 28.3 Å². The summed E-state index contributed by atoms with van der Waals surface area (Å²) in [7, 11) is 0. The van der Waals surface area contributed by atoms with Gasteiger partial charge in [0.25, 0.3) is 5.69 Å². The Morgan fingerprint density at radius 1 is 1.39 bits per heavy atom. The molecule has 1 aliphatic heterocycles.